The quantitative estimate of drug-likeness (QED) is 0.874. The highest BCUT2D eigenvalue weighted by molar-refractivity contribution is 6.30. The van der Waals surface area contributed by atoms with Crippen molar-refractivity contribution < 1.29 is 13.2 Å². The lowest BCUT2D eigenvalue weighted by molar-refractivity contribution is 0.587. The predicted octanol–water partition coefficient (Wildman–Crippen LogP) is 4.37. The van der Waals surface area contributed by atoms with Crippen molar-refractivity contribution in [2.45, 2.75) is 6.54 Å². The Morgan fingerprint density at radius 3 is 2.44 bits per heavy atom. The average molecular weight is 272 g/mol. The van der Waals surface area contributed by atoms with Crippen molar-refractivity contribution in [3.05, 3.63) is 64.4 Å². The molecule has 0 aromatic heterocycles. The third-order valence-corrected chi connectivity index (χ3v) is 2.64. The van der Waals surface area contributed by atoms with Crippen LogP contribution in [0.25, 0.3) is 0 Å². The van der Waals surface area contributed by atoms with Crippen LogP contribution < -0.4 is 5.32 Å². The Balaban J connectivity index is 2.16. The van der Waals surface area contributed by atoms with Crippen LogP contribution in [0.3, 0.4) is 0 Å². The van der Waals surface area contributed by atoms with Gasteiger partial charge in [0.25, 0.3) is 0 Å². The molecule has 0 heterocycles. The maximum atomic E-state index is 13.4. The van der Waals surface area contributed by atoms with Gasteiger partial charge in [-0.25, -0.2) is 13.2 Å². The smallest absolute Gasteiger partial charge is 0.146 e. The summed E-state index contributed by atoms with van der Waals surface area (Å²) in [7, 11) is 0. The standard InChI is InChI=1S/C13H9ClF3N/c14-9-1-3-12(17)13(6-9)18-7-8-5-10(15)2-4-11(8)16/h1-6,18H,7H2. The van der Waals surface area contributed by atoms with E-state index in [4.69, 9.17) is 11.6 Å². The molecular weight excluding hydrogens is 263 g/mol. The molecule has 0 fully saturated rings. The minimum atomic E-state index is -0.550. The highest BCUT2D eigenvalue weighted by Crippen LogP contribution is 2.20. The molecule has 0 aliphatic heterocycles. The van der Waals surface area contributed by atoms with E-state index in [9.17, 15) is 13.2 Å². The van der Waals surface area contributed by atoms with Gasteiger partial charge in [0, 0.05) is 17.1 Å². The predicted molar refractivity (Wildman–Crippen MR) is 65.1 cm³/mol. The lowest BCUT2D eigenvalue weighted by Gasteiger charge is -2.09. The molecule has 18 heavy (non-hydrogen) atoms. The second-order valence-electron chi connectivity index (χ2n) is 3.71. The number of nitrogens with one attached hydrogen (secondary N) is 1. The number of hydrogen-bond donors (Lipinski definition) is 1. The van der Waals surface area contributed by atoms with E-state index in [2.05, 4.69) is 5.32 Å². The molecule has 0 aliphatic rings. The first-order chi connectivity index (χ1) is 8.56. The summed E-state index contributed by atoms with van der Waals surface area (Å²) in [5.74, 6) is -1.60. The number of rotatable bonds is 3. The van der Waals surface area contributed by atoms with E-state index in [0.717, 1.165) is 18.2 Å². The molecule has 1 N–H and O–H groups in total. The molecule has 0 unspecified atom stereocenters. The summed E-state index contributed by atoms with van der Waals surface area (Å²) >= 11 is 5.71. The molecule has 0 radical (unpaired) electrons. The Bertz CT molecular complexity index is 521. The summed E-state index contributed by atoms with van der Waals surface area (Å²) in [4.78, 5) is 0. The molecule has 0 spiro atoms. The van der Waals surface area contributed by atoms with Crippen LogP contribution >= 0.6 is 11.6 Å². The summed E-state index contributed by atoms with van der Waals surface area (Å²) in [6, 6.07) is 7.11. The summed E-state index contributed by atoms with van der Waals surface area (Å²) < 4.78 is 39.6. The van der Waals surface area contributed by atoms with Crippen LogP contribution in [-0.2, 0) is 6.54 Å². The number of benzene rings is 2. The van der Waals surface area contributed by atoms with E-state index >= 15 is 0 Å². The van der Waals surface area contributed by atoms with Crippen molar-refractivity contribution in [2.75, 3.05) is 5.32 Å². The number of halogens is 4. The molecule has 1 nitrogen and oxygen atoms in total. The zero-order chi connectivity index (χ0) is 13.1. The Hall–Kier alpha value is -1.68. The van der Waals surface area contributed by atoms with Gasteiger partial charge in [-0.05, 0) is 36.4 Å². The fourth-order valence-corrected chi connectivity index (χ4v) is 1.67. The maximum Gasteiger partial charge on any atom is 0.146 e. The van der Waals surface area contributed by atoms with E-state index in [-0.39, 0.29) is 17.8 Å². The van der Waals surface area contributed by atoms with Crippen molar-refractivity contribution in [1.82, 2.24) is 0 Å². The molecule has 2 rings (SSSR count). The second kappa shape index (κ2) is 5.31. The van der Waals surface area contributed by atoms with Gasteiger partial charge in [-0.15, -0.1) is 0 Å². The molecule has 0 atom stereocenters. The Labute approximate surface area is 107 Å². The van der Waals surface area contributed by atoms with Crippen LogP contribution in [0.5, 0.6) is 0 Å². The largest absolute Gasteiger partial charge is 0.378 e. The third-order valence-electron chi connectivity index (χ3n) is 2.41. The Morgan fingerprint density at radius 1 is 0.944 bits per heavy atom. The SMILES string of the molecule is Fc1ccc(F)c(CNc2cc(Cl)ccc2F)c1. The van der Waals surface area contributed by atoms with Crippen LogP contribution in [0.4, 0.5) is 18.9 Å². The zero-order valence-corrected chi connectivity index (χ0v) is 9.94. The summed E-state index contributed by atoms with van der Waals surface area (Å²) in [6.07, 6.45) is 0. The maximum absolute atomic E-state index is 13.4. The molecule has 2 aromatic carbocycles. The van der Waals surface area contributed by atoms with Crippen LogP contribution in [0, 0.1) is 17.5 Å². The molecule has 5 heteroatoms. The molecule has 0 bridgehead atoms. The second-order valence-corrected chi connectivity index (χ2v) is 4.15. The fraction of sp³-hybridized carbons (Fsp3) is 0.0769. The fourth-order valence-electron chi connectivity index (χ4n) is 1.50. The summed E-state index contributed by atoms with van der Waals surface area (Å²) in [5, 5.41) is 3.03. The highest BCUT2D eigenvalue weighted by Gasteiger charge is 2.06. The van der Waals surface area contributed by atoms with Gasteiger partial charge in [0.15, 0.2) is 0 Å². The van der Waals surface area contributed by atoms with Crippen LogP contribution in [0.1, 0.15) is 5.56 Å². The van der Waals surface area contributed by atoms with Crippen molar-refractivity contribution in [2.24, 2.45) is 0 Å². The monoisotopic (exact) mass is 271 g/mol. The van der Waals surface area contributed by atoms with Crippen molar-refractivity contribution >= 4 is 17.3 Å². The lowest BCUT2D eigenvalue weighted by atomic mass is 10.2. The van der Waals surface area contributed by atoms with E-state index in [1.165, 1.54) is 18.2 Å². The van der Waals surface area contributed by atoms with E-state index in [0.29, 0.717) is 5.02 Å². The van der Waals surface area contributed by atoms with E-state index in [1.54, 1.807) is 0 Å². The number of hydrogen-bond acceptors (Lipinski definition) is 1. The van der Waals surface area contributed by atoms with Gasteiger partial charge in [0.05, 0.1) is 5.69 Å². The van der Waals surface area contributed by atoms with Crippen LogP contribution in [0.15, 0.2) is 36.4 Å². The van der Waals surface area contributed by atoms with Gasteiger partial charge < -0.3 is 5.32 Å². The van der Waals surface area contributed by atoms with E-state index in [1.807, 2.05) is 0 Å². The first kappa shape index (κ1) is 12.8. The number of anilines is 1. The molecule has 0 saturated carbocycles. The third kappa shape index (κ3) is 2.96. The zero-order valence-electron chi connectivity index (χ0n) is 9.18. The molecule has 2 aromatic rings. The molecule has 94 valence electrons. The minimum Gasteiger partial charge on any atom is -0.378 e. The van der Waals surface area contributed by atoms with Crippen molar-refractivity contribution in [3.8, 4) is 0 Å². The van der Waals surface area contributed by atoms with E-state index < -0.39 is 17.5 Å². The molecule has 0 amide bonds. The van der Waals surface area contributed by atoms with Gasteiger partial charge >= 0.3 is 0 Å². The van der Waals surface area contributed by atoms with Crippen molar-refractivity contribution in [1.29, 1.82) is 0 Å². The van der Waals surface area contributed by atoms with Gasteiger partial charge in [0.1, 0.15) is 17.5 Å². The Kier molecular flexibility index (Phi) is 3.77. The Morgan fingerprint density at radius 2 is 1.67 bits per heavy atom. The molecule has 0 saturated heterocycles. The van der Waals surface area contributed by atoms with Gasteiger partial charge in [0.2, 0.25) is 0 Å². The minimum absolute atomic E-state index is 0.0269. The topological polar surface area (TPSA) is 12.0 Å². The van der Waals surface area contributed by atoms with Crippen LogP contribution in [-0.4, -0.2) is 0 Å². The normalized spacial score (nSPS) is 10.4. The molecule has 0 aliphatic carbocycles. The summed E-state index contributed by atoms with van der Waals surface area (Å²) in [5.41, 5.74) is 0.264. The summed E-state index contributed by atoms with van der Waals surface area (Å²) in [6.45, 7) is -0.0269. The van der Waals surface area contributed by atoms with Gasteiger partial charge in [-0.3, -0.25) is 0 Å². The average Bonchev–Trinajstić information content (AvgIpc) is 2.34. The van der Waals surface area contributed by atoms with Crippen molar-refractivity contribution in [3.63, 3.8) is 0 Å². The van der Waals surface area contributed by atoms with Gasteiger partial charge in [-0.2, -0.15) is 0 Å². The van der Waals surface area contributed by atoms with Crippen LogP contribution in [0.2, 0.25) is 5.02 Å². The van der Waals surface area contributed by atoms with Gasteiger partial charge in [-0.1, -0.05) is 11.6 Å². The first-order valence-corrected chi connectivity index (χ1v) is 5.57. The molecular formula is C13H9ClF3N. The lowest BCUT2D eigenvalue weighted by Crippen LogP contribution is -2.04. The first-order valence-electron chi connectivity index (χ1n) is 5.19. The highest BCUT2D eigenvalue weighted by atomic mass is 35.5.